The molecule has 1 unspecified atom stereocenters. The number of amides is 1. The van der Waals surface area contributed by atoms with Crippen molar-refractivity contribution in [1.29, 1.82) is 0 Å². The molecule has 0 aromatic heterocycles. The molecule has 0 radical (unpaired) electrons. The summed E-state index contributed by atoms with van der Waals surface area (Å²) in [7, 11) is -1.66. The number of nitrogens with zero attached hydrogens (tertiary/aromatic N) is 1. The molecule has 2 aromatic rings. The van der Waals surface area contributed by atoms with Crippen LogP contribution < -0.4 is 4.72 Å². The van der Waals surface area contributed by atoms with Crippen molar-refractivity contribution < 1.29 is 13.2 Å². The lowest BCUT2D eigenvalue weighted by Gasteiger charge is -2.25. The molecule has 0 bridgehead atoms. The van der Waals surface area contributed by atoms with Crippen molar-refractivity contribution in [3.63, 3.8) is 0 Å². The summed E-state index contributed by atoms with van der Waals surface area (Å²) in [5.74, 6) is 0.0274. The van der Waals surface area contributed by atoms with Gasteiger partial charge in [0.25, 0.3) is 0 Å². The van der Waals surface area contributed by atoms with Gasteiger partial charge < -0.3 is 4.90 Å². The van der Waals surface area contributed by atoms with Crippen LogP contribution in [0.5, 0.6) is 0 Å². The van der Waals surface area contributed by atoms with E-state index in [1.165, 1.54) is 0 Å². The van der Waals surface area contributed by atoms with Crippen molar-refractivity contribution >= 4 is 27.5 Å². The average Bonchev–Trinajstić information content (AvgIpc) is 3.48. The first-order valence-electron chi connectivity index (χ1n) is 9.38. The smallest absolute Gasteiger partial charge is 0.240 e. The number of carbonyl (C=O) groups excluding carboxylic acids is 1. The fraction of sp³-hybridized carbons (Fsp3) is 0.381. The van der Waals surface area contributed by atoms with Crippen LogP contribution in [0.2, 0.25) is 5.02 Å². The number of nitrogens with one attached hydrogen (secondary N) is 1. The Morgan fingerprint density at radius 2 is 1.89 bits per heavy atom. The molecule has 28 heavy (non-hydrogen) atoms. The van der Waals surface area contributed by atoms with Crippen molar-refractivity contribution in [2.45, 2.75) is 49.6 Å². The molecule has 7 heteroatoms. The summed E-state index contributed by atoms with van der Waals surface area (Å²) in [6.07, 6.45) is 2.72. The molecule has 1 aliphatic carbocycles. The summed E-state index contributed by atoms with van der Waals surface area (Å²) in [5.41, 5.74) is 1.92. The Kier molecular flexibility index (Phi) is 6.43. The van der Waals surface area contributed by atoms with Gasteiger partial charge in [0.15, 0.2) is 0 Å². The molecule has 1 fully saturated rings. The molecule has 0 saturated heterocycles. The van der Waals surface area contributed by atoms with E-state index in [4.69, 9.17) is 11.6 Å². The van der Waals surface area contributed by atoms with Crippen molar-refractivity contribution in [2.24, 2.45) is 0 Å². The highest BCUT2D eigenvalue weighted by Crippen LogP contribution is 2.24. The van der Waals surface area contributed by atoms with E-state index in [0.29, 0.717) is 17.9 Å². The van der Waals surface area contributed by atoms with Crippen LogP contribution in [-0.4, -0.2) is 32.3 Å². The molecule has 2 aromatic carbocycles. The van der Waals surface area contributed by atoms with E-state index in [0.717, 1.165) is 24.0 Å². The summed E-state index contributed by atoms with van der Waals surface area (Å²) >= 11 is 6.04. The number of halogens is 1. The third-order valence-electron chi connectivity index (χ3n) is 5.07. The zero-order chi connectivity index (χ0) is 20.3. The lowest BCUT2D eigenvalue weighted by atomic mass is 10.1. The molecule has 1 N–H and O–H groups in total. The quantitative estimate of drug-likeness (QED) is 0.703. The second-order valence-corrected chi connectivity index (χ2v) is 9.43. The van der Waals surface area contributed by atoms with Crippen LogP contribution in [0.3, 0.4) is 0 Å². The van der Waals surface area contributed by atoms with Crippen LogP contribution in [0, 0.1) is 0 Å². The molecule has 1 aliphatic rings. The first-order valence-corrected chi connectivity index (χ1v) is 11.2. The molecule has 5 nitrogen and oxygen atoms in total. The van der Waals surface area contributed by atoms with E-state index in [-0.39, 0.29) is 22.9 Å². The fourth-order valence-electron chi connectivity index (χ4n) is 2.96. The summed E-state index contributed by atoms with van der Waals surface area (Å²) < 4.78 is 27.1. The van der Waals surface area contributed by atoms with Gasteiger partial charge in [-0.2, -0.15) is 0 Å². The summed E-state index contributed by atoms with van der Waals surface area (Å²) in [4.78, 5) is 14.5. The predicted octanol–water partition coefficient (Wildman–Crippen LogP) is 3.93. The van der Waals surface area contributed by atoms with E-state index >= 15 is 0 Å². The highest BCUT2D eigenvalue weighted by Gasteiger charge is 2.27. The molecule has 0 spiro atoms. The van der Waals surface area contributed by atoms with Gasteiger partial charge in [-0.25, -0.2) is 13.1 Å². The maximum absolute atomic E-state index is 12.6. The molecule has 1 amide bonds. The average molecular weight is 421 g/mol. The Morgan fingerprint density at radius 1 is 1.21 bits per heavy atom. The van der Waals surface area contributed by atoms with Gasteiger partial charge in [-0.1, -0.05) is 35.9 Å². The maximum atomic E-state index is 12.6. The molecular weight excluding hydrogens is 396 g/mol. The van der Waals surface area contributed by atoms with E-state index in [1.807, 2.05) is 31.2 Å². The number of hydrogen-bond donors (Lipinski definition) is 1. The third-order valence-corrected chi connectivity index (χ3v) is 6.84. The number of hydrogen-bond acceptors (Lipinski definition) is 3. The molecule has 0 aliphatic heterocycles. The van der Waals surface area contributed by atoms with Crippen LogP contribution in [0.15, 0.2) is 53.4 Å². The second-order valence-electron chi connectivity index (χ2n) is 7.28. The van der Waals surface area contributed by atoms with Gasteiger partial charge >= 0.3 is 0 Å². The first-order chi connectivity index (χ1) is 13.3. The maximum Gasteiger partial charge on any atom is 0.240 e. The second kappa shape index (κ2) is 8.64. The lowest BCUT2D eigenvalue weighted by molar-refractivity contribution is -0.131. The highest BCUT2D eigenvalue weighted by atomic mass is 35.5. The monoisotopic (exact) mass is 420 g/mol. The Labute approximate surface area is 171 Å². The Hall–Kier alpha value is -1.89. The van der Waals surface area contributed by atoms with E-state index < -0.39 is 10.0 Å². The summed E-state index contributed by atoms with van der Waals surface area (Å²) in [6, 6.07) is 14.3. The van der Waals surface area contributed by atoms with E-state index in [1.54, 1.807) is 36.2 Å². The number of aryl methyl sites for hydroxylation is 1. The normalized spacial score (nSPS) is 15.2. The van der Waals surface area contributed by atoms with Crippen LogP contribution in [0.4, 0.5) is 0 Å². The number of rotatable bonds is 8. The molecule has 1 atom stereocenters. The van der Waals surface area contributed by atoms with Gasteiger partial charge in [0.05, 0.1) is 10.9 Å². The zero-order valence-electron chi connectivity index (χ0n) is 16.1. The minimum Gasteiger partial charge on any atom is -0.339 e. The Morgan fingerprint density at radius 3 is 2.50 bits per heavy atom. The van der Waals surface area contributed by atoms with Gasteiger partial charge in [-0.15, -0.1) is 0 Å². The van der Waals surface area contributed by atoms with Gasteiger partial charge in [0, 0.05) is 24.5 Å². The van der Waals surface area contributed by atoms with Crippen molar-refractivity contribution in [3.05, 3.63) is 64.7 Å². The van der Waals surface area contributed by atoms with Crippen molar-refractivity contribution in [1.82, 2.24) is 9.62 Å². The Bertz CT molecular complexity index is 940. The topological polar surface area (TPSA) is 66.5 Å². The molecule has 1 saturated carbocycles. The molecule has 3 rings (SSSR count). The lowest BCUT2D eigenvalue weighted by Crippen LogP contribution is -2.29. The zero-order valence-corrected chi connectivity index (χ0v) is 17.6. The molecule has 0 heterocycles. The van der Waals surface area contributed by atoms with Gasteiger partial charge in [-0.3, -0.25) is 4.79 Å². The minimum atomic E-state index is -3.44. The van der Waals surface area contributed by atoms with Crippen molar-refractivity contribution in [2.75, 3.05) is 7.05 Å². The van der Waals surface area contributed by atoms with Crippen LogP contribution in [0.1, 0.15) is 43.4 Å². The summed E-state index contributed by atoms with van der Waals surface area (Å²) in [5, 5.41) is 0.649. The van der Waals surface area contributed by atoms with E-state index in [9.17, 15) is 13.2 Å². The highest BCUT2D eigenvalue weighted by molar-refractivity contribution is 7.89. The van der Waals surface area contributed by atoms with E-state index in [2.05, 4.69) is 4.72 Å². The van der Waals surface area contributed by atoms with Gasteiger partial charge in [0.1, 0.15) is 0 Å². The first kappa shape index (κ1) is 20.8. The SMILES string of the molecule is CC(c1cccc(Cl)c1)N(C)C(=O)CCc1ccc(S(=O)(=O)NC2CC2)cc1. The number of sulfonamides is 1. The number of carbonyl (C=O) groups is 1. The predicted molar refractivity (Wildman–Crippen MR) is 111 cm³/mol. The largest absolute Gasteiger partial charge is 0.339 e. The summed E-state index contributed by atoms with van der Waals surface area (Å²) in [6.45, 7) is 1.97. The van der Waals surface area contributed by atoms with Gasteiger partial charge in [-0.05, 0) is 61.6 Å². The standard InChI is InChI=1S/C21H25ClN2O3S/c1-15(17-4-3-5-18(22)14-17)24(2)21(25)13-8-16-6-11-20(12-7-16)28(26,27)23-19-9-10-19/h3-7,11-12,14-15,19,23H,8-10,13H2,1-2H3. The van der Waals surface area contributed by atoms with Crippen LogP contribution in [0.25, 0.3) is 0 Å². The minimum absolute atomic E-state index is 0.0274. The number of benzene rings is 2. The molecule has 150 valence electrons. The Balaban J connectivity index is 1.56. The van der Waals surface area contributed by atoms with Crippen LogP contribution >= 0.6 is 11.6 Å². The fourth-order valence-corrected chi connectivity index (χ4v) is 4.46. The van der Waals surface area contributed by atoms with Crippen LogP contribution in [-0.2, 0) is 21.2 Å². The van der Waals surface area contributed by atoms with Crippen molar-refractivity contribution in [3.8, 4) is 0 Å². The molecular formula is C21H25ClN2O3S. The van der Waals surface area contributed by atoms with Gasteiger partial charge in [0.2, 0.25) is 15.9 Å². The third kappa shape index (κ3) is 5.34.